The van der Waals surface area contributed by atoms with Crippen LogP contribution in [-0.2, 0) is 23.7 Å². The Morgan fingerprint density at radius 3 is 1.71 bits per heavy atom. The minimum Gasteiger partial charge on any atom is -0.490 e. The quantitative estimate of drug-likeness (QED) is 0.421. The Bertz CT molecular complexity index is 404. The van der Waals surface area contributed by atoms with Crippen LogP contribution in [0.4, 0.5) is 0 Å². The summed E-state index contributed by atoms with van der Waals surface area (Å²) in [4.78, 5) is 4.06. The molecular formula is C17H29NO6. The fourth-order valence-electron chi connectivity index (χ4n) is 1.73. The summed E-state index contributed by atoms with van der Waals surface area (Å²) in [6, 6.07) is 1.94. The highest BCUT2D eigenvalue weighted by Crippen LogP contribution is 2.09. The zero-order chi connectivity index (χ0) is 17.3. The SMILES string of the molecule is COCCOCCOCCOCCOCCOc1cncc(C)c1. The van der Waals surface area contributed by atoms with E-state index in [0.29, 0.717) is 66.1 Å². The number of hydrogen-bond acceptors (Lipinski definition) is 7. The molecule has 7 heteroatoms. The van der Waals surface area contributed by atoms with Crippen molar-refractivity contribution in [1.29, 1.82) is 0 Å². The molecule has 0 aliphatic rings. The molecule has 0 bridgehead atoms. The summed E-state index contributed by atoms with van der Waals surface area (Å²) in [6.07, 6.45) is 3.48. The zero-order valence-electron chi connectivity index (χ0n) is 14.7. The predicted octanol–water partition coefficient (Wildman–Crippen LogP) is 1.48. The van der Waals surface area contributed by atoms with Crippen LogP contribution in [0.15, 0.2) is 18.5 Å². The minimum absolute atomic E-state index is 0.497. The van der Waals surface area contributed by atoms with Gasteiger partial charge in [-0.1, -0.05) is 0 Å². The third-order valence-corrected chi connectivity index (χ3v) is 2.89. The molecule has 1 aromatic heterocycles. The molecular weight excluding hydrogens is 314 g/mol. The topological polar surface area (TPSA) is 68.3 Å². The molecule has 1 aromatic rings. The summed E-state index contributed by atoms with van der Waals surface area (Å²) >= 11 is 0. The average molecular weight is 343 g/mol. The Hall–Kier alpha value is -1.25. The number of hydrogen-bond donors (Lipinski definition) is 0. The third-order valence-electron chi connectivity index (χ3n) is 2.89. The summed E-state index contributed by atoms with van der Waals surface area (Å²) in [7, 11) is 1.65. The van der Waals surface area contributed by atoms with Crippen LogP contribution in [0.2, 0.25) is 0 Å². The molecule has 0 radical (unpaired) electrons. The van der Waals surface area contributed by atoms with Crippen molar-refractivity contribution in [3.63, 3.8) is 0 Å². The highest BCUT2D eigenvalue weighted by atomic mass is 16.6. The highest BCUT2D eigenvalue weighted by Gasteiger charge is 1.96. The molecule has 0 N–H and O–H groups in total. The average Bonchev–Trinajstić information content (AvgIpc) is 2.58. The lowest BCUT2D eigenvalue weighted by molar-refractivity contribution is -0.00979. The van der Waals surface area contributed by atoms with Gasteiger partial charge in [0, 0.05) is 13.3 Å². The molecule has 0 aliphatic heterocycles. The van der Waals surface area contributed by atoms with Crippen molar-refractivity contribution in [2.24, 2.45) is 0 Å². The Morgan fingerprint density at radius 1 is 0.708 bits per heavy atom. The van der Waals surface area contributed by atoms with E-state index in [1.54, 1.807) is 19.5 Å². The lowest BCUT2D eigenvalue weighted by Gasteiger charge is -2.08. The first-order valence-electron chi connectivity index (χ1n) is 8.17. The third kappa shape index (κ3) is 12.2. The molecule has 24 heavy (non-hydrogen) atoms. The van der Waals surface area contributed by atoms with Gasteiger partial charge in [-0.15, -0.1) is 0 Å². The van der Waals surface area contributed by atoms with Crippen LogP contribution in [0.25, 0.3) is 0 Å². The Morgan fingerprint density at radius 2 is 1.21 bits per heavy atom. The van der Waals surface area contributed by atoms with Gasteiger partial charge in [-0.2, -0.15) is 0 Å². The summed E-state index contributed by atoms with van der Waals surface area (Å²) in [5.41, 5.74) is 1.07. The van der Waals surface area contributed by atoms with E-state index in [4.69, 9.17) is 28.4 Å². The lowest BCUT2D eigenvalue weighted by Crippen LogP contribution is -2.14. The van der Waals surface area contributed by atoms with Gasteiger partial charge in [0.25, 0.3) is 0 Å². The number of aromatic nitrogens is 1. The second kappa shape index (κ2) is 15.3. The van der Waals surface area contributed by atoms with E-state index >= 15 is 0 Å². The summed E-state index contributed by atoms with van der Waals surface area (Å²) in [6.45, 7) is 7.51. The summed E-state index contributed by atoms with van der Waals surface area (Å²) < 4.78 is 31.8. The smallest absolute Gasteiger partial charge is 0.137 e. The molecule has 0 spiro atoms. The largest absolute Gasteiger partial charge is 0.490 e. The molecule has 0 saturated carbocycles. The van der Waals surface area contributed by atoms with Crippen LogP contribution in [0.5, 0.6) is 5.75 Å². The van der Waals surface area contributed by atoms with Crippen LogP contribution in [0, 0.1) is 6.92 Å². The molecule has 138 valence electrons. The maximum absolute atomic E-state index is 5.53. The van der Waals surface area contributed by atoms with Gasteiger partial charge in [-0.25, -0.2) is 0 Å². The normalized spacial score (nSPS) is 10.9. The second-order valence-corrected chi connectivity index (χ2v) is 4.99. The molecule has 0 amide bonds. The maximum atomic E-state index is 5.53. The van der Waals surface area contributed by atoms with Crippen molar-refractivity contribution in [3.05, 3.63) is 24.0 Å². The van der Waals surface area contributed by atoms with Crippen molar-refractivity contribution in [3.8, 4) is 5.75 Å². The van der Waals surface area contributed by atoms with Gasteiger partial charge >= 0.3 is 0 Å². The number of ether oxygens (including phenoxy) is 6. The first-order valence-corrected chi connectivity index (χ1v) is 8.17. The molecule has 0 unspecified atom stereocenters. The van der Waals surface area contributed by atoms with Crippen molar-refractivity contribution in [1.82, 2.24) is 4.98 Å². The van der Waals surface area contributed by atoms with Gasteiger partial charge in [0.1, 0.15) is 12.4 Å². The van der Waals surface area contributed by atoms with Crippen molar-refractivity contribution < 1.29 is 28.4 Å². The number of pyridine rings is 1. The zero-order valence-corrected chi connectivity index (χ0v) is 14.7. The van der Waals surface area contributed by atoms with E-state index in [-0.39, 0.29) is 0 Å². The summed E-state index contributed by atoms with van der Waals surface area (Å²) in [5, 5.41) is 0. The van der Waals surface area contributed by atoms with Crippen LogP contribution >= 0.6 is 0 Å². The number of methoxy groups -OCH3 is 1. The molecule has 0 aliphatic carbocycles. The monoisotopic (exact) mass is 343 g/mol. The van der Waals surface area contributed by atoms with Crippen LogP contribution in [0.3, 0.4) is 0 Å². The van der Waals surface area contributed by atoms with E-state index in [1.807, 2.05) is 13.0 Å². The Labute approximate surface area is 144 Å². The molecule has 0 saturated heterocycles. The lowest BCUT2D eigenvalue weighted by atomic mass is 10.3. The molecule has 0 atom stereocenters. The fraction of sp³-hybridized carbons (Fsp3) is 0.706. The molecule has 1 rings (SSSR count). The van der Waals surface area contributed by atoms with Crippen LogP contribution in [0.1, 0.15) is 5.56 Å². The Kier molecular flexibility index (Phi) is 13.2. The maximum Gasteiger partial charge on any atom is 0.137 e. The first-order chi connectivity index (χ1) is 11.8. The number of rotatable bonds is 16. The van der Waals surface area contributed by atoms with Gasteiger partial charge in [0.2, 0.25) is 0 Å². The molecule has 0 aromatic carbocycles. The Balaban J connectivity index is 1.76. The van der Waals surface area contributed by atoms with E-state index in [0.717, 1.165) is 11.3 Å². The van der Waals surface area contributed by atoms with Crippen LogP contribution < -0.4 is 4.74 Å². The number of aryl methyl sites for hydroxylation is 1. The van der Waals surface area contributed by atoms with Crippen molar-refractivity contribution in [2.45, 2.75) is 6.92 Å². The fourth-order valence-corrected chi connectivity index (χ4v) is 1.73. The second-order valence-electron chi connectivity index (χ2n) is 4.99. The van der Waals surface area contributed by atoms with Crippen molar-refractivity contribution >= 4 is 0 Å². The minimum atomic E-state index is 0.497. The summed E-state index contributed by atoms with van der Waals surface area (Å²) in [5.74, 6) is 0.762. The standard InChI is InChI=1S/C17H29NO6/c1-16-13-17(15-18-14-16)24-12-11-23-10-9-22-8-7-21-6-5-20-4-3-19-2/h13-15H,3-12H2,1-2H3. The van der Waals surface area contributed by atoms with Gasteiger partial charge < -0.3 is 28.4 Å². The first kappa shape index (κ1) is 20.8. The highest BCUT2D eigenvalue weighted by molar-refractivity contribution is 5.22. The van der Waals surface area contributed by atoms with E-state index in [1.165, 1.54) is 0 Å². The van der Waals surface area contributed by atoms with Gasteiger partial charge in [-0.05, 0) is 18.6 Å². The van der Waals surface area contributed by atoms with E-state index < -0.39 is 0 Å². The number of nitrogens with zero attached hydrogens (tertiary/aromatic N) is 1. The molecule has 1 heterocycles. The molecule has 0 fully saturated rings. The van der Waals surface area contributed by atoms with Gasteiger partial charge in [0.15, 0.2) is 0 Å². The van der Waals surface area contributed by atoms with Crippen LogP contribution in [-0.4, -0.2) is 78.2 Å². The molecule has 7 nitrogen and oxygen atoms in total. The van der Waals surface area contributed by atoms with E-state index in [9.17, 15) is 0 Å². The van der Waals surface area contributed by atoms with Gasteiger partial charge in [0.05, 0.1) is 65.7 Å². The van der Waals surface area contributed by atoms with E-state index in [2.05, 4.69) is 4.98 Å². The van der Waals surface area contributed by atoms with Crippen molar-refractivity contribution in [2.75, 3.05) is 73.2 Å². The van der Waals surface area contributed by atoms with Gasteiger partial charge in [-0.3, -0.25) is 4.98 Å². The predicted molar refractivity (Wildman–Crippen MR) is 89.6 cm³/mol.